The minimum Gasteiger partial charge on any atom is -0.426 e. The second-order valence-electron chi connectivity index (χ2n) is 7.18. The van der Waals surface area contributed by atoms with Crippen LogP contribution in [0.4, 0.5) is 4.39 Å². The van der Waals surface area contributed by atoms with Gasteiger partial charge in [-0.05, 0) is 49.7 Å². The van der Waals surface area contributed by atoms with Crippen molar-refractivity contribution in [3.8, 4) is 11.8 Å². The molecule has 0 heterocycles. The number of benzene rings is 1. The predicted octanol–water partition coefficient (Wildman–Crippen LogP) is 4.99. The molecule has 2 saturated carbocycles. The SMILES string of the molecule is N#Cc1ccc(OC(=O)C2CCC(C3CCCCC3)CC2)cc1F. The molecule has 24 heavy (non-hydrogen) atoms. The highest BCUT2D eigenvalue weighted by molar-refractivity contribution is 5.75. The average molecular weight is 329 g/mol. The van der Waals surface area contributed by atoms with Crippen LogP contribution < -0.4 is 4.74 Å². The fraction of sp³-hybridized carbons (Fsp3) is 0.600. The molecule has 3 rings (SSSR count). The van der Waals surface area contributed by atoms with Gasteiger partial charge in [-0.1, -0.05) is 32.1 Å². The van der Waals surface area contributed by atoms with E-state index >= 15 is 0 Å². The molecule has 2 aliphatic rings. The lowest BCUT2D eigenvalue weighted by atomic mass is 9.71. The third-order valence-electron chi connectivity index (χ3n) is 5.70. The minimum atomic E-state index is -0.649. The van der Waals surface area contributed by atoms with Crippen molar-refractivity contribution in [3.63, 3.8) is 0 Å². The van der Waals surface area contributed by atoms with Gasteiger partial charge < -0.3 is 4.74 Å². The van der Waals surface area contributed by atoms with Crippen LogP contribution in [0.2, 0.25) is 0 Å². The van der Waals surface area contributed by atoms with Crippen molar-refractivity contribution in [1.82, 2.24) is 0 Å². The van der Waals surface area contributed by atoms with E-state index in [-0.39, 0.29) is 23.2 Å². The molecular weight excluding hydrogens is 305 g/mol. The summed E-state index contributed by atoms with van der Waals surface area (Å²) in [6, 6.07) is 5.70. The van der Waals surface area contributed by atoms with Gasteiger partial charge in [0.05, 0.1) is 11.5 Å². The van der Waals surface area contributed by atoms with Gasteiger partial charge in [0.15, 0.2) is 0 Å². The van der Waals surface area contributed by atoms with Crippen molar-refractivity contribution in [2.24, 2.45) is 17.8 Å². The Morgan fingerprint density at radius 1 is 1.04 bits per heavy atom. The van der Waals surface area contributed by atoms with Crippen molar-refractivity contribution < 1.29 is 13.9 Å². The molecule has 128 valence electrons. The van der Waals surface area contributed by atoms with Crippen LogP contribution in [0.15, 0.2) is 18.2 Å². The smallest absolute Gasteiger partial charge is 0.314 e. The lowest BCUT2D eigenvalue weighted by Gasteiger charge is -2.35. The van der Waals surface area contributed by atoms with E-state index in [9.17, 15) is 9.18 Å². The number of rotatable bonds is 3. The van der Waals surface area contributed by atoms with Crippen LogP contribution >= 0.6 is 0 Å². The topological polar surface area (TPSA) is 50.1 Å². The van der Waals surface area contributed by atoms with Gasteiger partial charge in [0, 0.05) is 6.07 Å². The summed E-state index contributed by atoms with van der Waals surface area (Å²) in [5, 5.41) is 8.73. The van der Waals surface area contributed by atoms with Gasteiger partial charge in [0.2, 0.25) is 0 Å². The van der Waals surface area contributed by atoms with Crippen molar-refractivity contribution >= 4 is 5.97 Å². The van der Waals surface area contributed by atoms with Gasteiger partial charge in [0.25, 0.3) is 0 Å². The summed E-state index contributed by atoms with van der Waals surface area (Å²) < 4.78 is 18.9. The van der Waals surface area contributed by atoms with E-state index in [1.54, 1.807) is 6.07 Å². The Hall–Kier alpha value is -1.89. The first-order valence-electron chi connectivity index (χ1n) is 9.08. The van der Waals surface area contributed by atoms with Crippen LogP contribution in [-0.2, 0) is 4.79 Å². The summed E-state index contributed by atoms with van der Waals surface area (Å²) in [6.45, 7) is 0. The number of nitrogens with zero attached hydrogens (tertiary/aromatic N) is 1. The summed E-state index contributed by atoms with van der Waals surface area (Å²) in [5.41, 5.74) is -0.0391. The summed E-state index contributed by atoms with van der Waals surface area (Å²) in [7, 11) is 0. The maximum absolute atomic E-state index is 13.6. The number of carbonyl (C=O) groups excluding carboxylic acids is 1. The second-order valence-corrected chi connectivity index (χ2v) is 7.18. The molecule has 0 aromatic heterocycles. The number of carbonyl (C=O) groups is 1. The molecule has 2 aliphatic carbocycles. The summed E-state index contributed by atoms with van der Waals surface area (Å²) in [4.78, 5) is 12.3. The summed E-state index contributed by atoms with van der Waals surface area (Å²) in [6.07, 6.45) is 10.7. The molecular formula is C20H24FNO2. The third kappa shape index (κ3) is 3.95. The van der Waals surface area contributed by atoms with Gasteiger partial charge in [-0.3, -0.25) is 4.79 Å². The highest BCUT2D eigenvalue weighted by Gasteiger charge is 2.32. The average Bonchev–Trinajstić information content (AvgIpc) is 2.63. The van der Waals surface area contributed by atoms with E-state index in [1.165, 1.54) is 44.2 Å². The molecule has 2 fully saturated rings. The molecule has 3 nitrogen and oxygen atoms in total. The highest BCUT2D eigenvalue weighted by Crippen LogP contribution is 2.40. The second kappa shape index (κ2) is 7.79. The first-order chi connectivity index (χ1) is 11.7. The van der Waals surface area contributed by atoms with Crippen LogP contribution in [0.5, 0.6) is 5.75 Å². The van der Waals surface area contributed by atoms with Crippen molar-refractivity contribution in [2.45, 2.75) is 57.8 Å². The Kier molecular flexibility index (Phi) is 5.50. The minimum absolute atomic E-state index is 0.0391. The number of hydrogen-bond donors (Lipinski definition) is 0. The fourth-order valence-electron chi connectivity index (χ4n) is 4.28. The van der Waals surface area contributed by atoms with Gasteiger partial charge in [-0.25, -0.2) is 4.39 Å². The molecule has 0 atom stereocenters. The molecule has 0 bridgehead atoms. The molecule has 0 saturated heterocycles. The largest absolute Gasteiger partial charge is 0.426 e. The molecule has 1 aromatic rings. The van der Waals surface area contributed by atoms with Gasteiger partial charge in [-0.15, -0.1) is 0 Å². The maximum atomic E-state index is 13.6. The monoisotopic (exact) mass is 329 g/mol. The Morgan fingerprint density at radius 3 is 2.33 bits per heavy atom. The Morgan fingerprint density at radius 2 is 1.71 bits per heavy atom. The lowest BCUT2D eigenvalue weighted by Crippen LogP contribution is -2.29. The third-order valence-corrected chi connectivity index (χ3v) is 5.70. The fourth-order valence-corrected chi connectivity index (χ4v) is 4.28. The Balaban J connectivity index is 1.51. The van der Waals surface area contributed by atoms with Gasteiger partial charge in [-0.2, -0.15) is 5.26 Å². The van der Waals surface area contributed by atoms with Crippen LogP contribution in [0, 0.1) is 34.9 Å². The van der Waals surface area contributed by atoms with Crippen LogP contribution in [-0.4, -0.2) is 5.97 Å². The first kappa shape index (κ1) is 17.0. The zero-order chi connectivity index (χ0) is 16.9. The molecule has 0 aliphatic heterocycles. The highest BCUT2D eigenvalue weighted by atomic mass is 19.1. The van der Waals surface area contributed by atoms with Crippen molar-refractivity contribution in [3.05, 3.63) is 29.6 Å². The number of ether oxygens (including phenoxy) is 1. The number of esters is 1. The van der Waals surface area contributed by atoms with E-state index in [0.29, 0.717) is 0 Å². The molecule has 0 N–H and O–H groups in total. The maximum Gasteiger partial charge on any atom is 0.314 e. The van der Waals surface area contributed by atoms with E-state index < -0.39 is 5.82 Å². The zero-order valence-electron chi connectivity index (χ0n) is 14.0. The van der Waals surface area contributed by atoms with Crippen LogP contribution in [0.3, 0.4) is 0 Å². The Labute approximate surface area is 142 Å². The van der Waals surface area contributed by atoms with Crippen LogP contribution in [0.25, 0.3) is 0 Å². The normalized spacial score (nSPS) is 25.0. The number of nitriles is 1. The van der Waals surface area contributed by atoms with E-state index in [0.717, 1.165) is 43.6 Å². The van der Waals surface area contributed by atoms with Gasteiger partial charge >= 0.3 is 5.97 Å². The Bertz CT molecular complexity index is 623. The standard InChI is InChI=1S/C20H24FNO2/c21-19-12-18(11-10-17(19)13-22)24-20(23)16-8-6-15(7-9-16)14-4-2-1-3-5-14/h10-12,14-16H,1-9H2. The zero-order valence-corrected chi connectivity index (χ0v) is 14.0. The molecule has 1 aromatic carbocycles. The molecule has 0 spiro atoms. The molecule has 0 unspecified atom stereocenters. The lowest BCUT2D eigenvalue weighted by molar-refractivity contribution is -0.140. The first-order valence-corrected chi connectivity index (χ1v) is 9.08. The summed E-state index contributed by atoms with van der Waals surface area (Å²) >= 11 is 0. The van der Waals surface area contributed by atoms with Crippen LogP contribution in [0.1, 0.15) is 63.4 Å². The van der Waals surface area contributed by atoms with Crippen molar-refractivity contribution in [1.29, 1.82) is 5.26 Å². The summed E-state index contributed by atoms with van der Waals surface area (Å²) in [5.74, 6) is 0.810. The predicted molar refractivity (Wildman–Crippen MR) is 88.8 cm³/mol. The van der Waals surface area contributed by atoms with E-state index in [1.807, 2.05) is 0 Å². The molecule has 0 radical (unpaired) electrons. The quantitative estimate of drug-likeness (QED) is 0.580. The van der Waals surface area contributed by atoms with E-state index in [2.05, 4.69) is 0 Å². The van der Waals surface area contributed by atoms with E-state index in [4.69, 9.17) is 10.00 Å². The molecule has 4 heteroatoms. The number of hydrogen-bond acceptors (Lipinski definition) is 3. The van der Waals surface area contributed by atoms with Crippen molar-refractivity contribution in [2.75, 3.05) is 0 Å². The molecule has 0 amide bonds. The van der Waals surface area contributed by atoms with Gasteiger partial charge in [0.1, 0.15) is 17.6 Å². The number of halogens is 1.